The SMILES string of the molecule is CC(=CCCCOCC(O)COCC(O)COCC(O)CO)CCCC(C)CCCC(C)C. The van der Waals surface area contributed by atoms with E-state index in [2.05, 4.69) is 33.8 Å². The topological polar surface area (TPSA) is 109 Å². The number of allylic oxidation sites excluding steroid dienone is 2. The second-order valence-electron chi connectivity index (χ2n) is 9.81. The molecule has 0 fully saturated rings. The molecule has 7 nitrogen and oxygen atoms in total. The second kappa shape index (κ2) is 22.0. The molecule has 4 unspecified atom stereocenters. The van der Waals surface area contributed by atoms with E-state index in [9.17, 15) is 10.2 Å². The van der Waals surface area contributed by atoms with Crippen LogP contribution in [0.5, 0.6) is 0 Å². The lowest BCUT2D eigenvalue weighted by molar-refractivity contribution is -0.0675. The summed E-state index contributed by atoms with van der Waals surface area (Å²) in [5.41, 5.74) is 1.45. The molecule has 0 aliphatic rings. The molecular formula is C26H52O7. The summed E-state index contributed by atoms with van der Waals surface area (Å²) < 4.78 is 15.8. The van der Waals surface area contributed by atoms with Crippen molar-refractivity contribution in [2.45, 2.75) is 97.4 Å². The van der Waals surface area contributed by atoms with Crippen molar-refractivity contribution in [2.75, 3.05) is 46.2 Å². The Bertz CT molecular complexity index is 456. The summed E-state index contributed by atoms with van der Waals surface area (Å²) in [6.07, 6.45) is 9.45. The number of aliphatic hydroxyl groups is 4. The first-order valence-corrected chi connectivity index (χ1v) is 12.8. The minimum absolute atomic E-state index is 0.00604. The van der Waals surface area contributed by atoms with Crippen LogP contribution >= 0.6 is 0 Å². The summed E-state index contributed by atoms with van der Waals surface area (Å²) in [7, 11) is 0. The molecule has 0 saturated heterocycles. The van der Waals surface area contributed by atoms with E-state index in [-0.39, 0.29) is 39.6 Å². The van der Waals surface area contributed by atoms with Crippen molar-refractivity contribution in [2.24, 2.45) is 11.8 Å². The first-order chi connectivity index (χ1) is 15.7. The third-order valence-corrected chi connectivity index (χ3v) is 5.49. The van der Waals surface area contributed by atoms with Crippen molar-refractivity contribution in [3.63, 3.8) is 0 Å². The molecule has 0 amide bonds. The molecule has 0 heterocycles. The molecule has 0 spiro atoms. The van der Waals surface area contributed by atoms with Crippen LogP contribution in [0, 0.1) is 11.8 Å². The molecule has 4 atom stereocenters. The highest BCUT2D eigenvalue weighted by atomic mass is 16.5. The third-order valence-electron chi connectivity index (χ3n) is 5.49. The highest BCUT2D eigenvalue weighted by molar-refractivity contribution is 4.97. The van der Waals surface area contributed by atoms with Gasteiger partial charge in [0, 0.05) is 6.61 Å². The Morgan fingerprint density at radius 2 is 1.27 bits per heavy atom. The largest absolute Gasteiger partial charge is 0.394 e. The molecule has 0 radical (unpaired) electrons. The predicted octanol–water partition coefficient (Wildman–Crippen LogP) is 3.47. The van der Waals surface area contributed by atoms with Crippen LogP contribution in [0.3, 0.4) is 0 Å². The summed E-state index contributed by atoms with van der Waals surface area (Å²) in [5.74, 6) is 1.64. The molecular weight excluding hydrogens is 424 g/mol. The molecule has 0 aromatic heterocycles. The van der Waals surface area contributed by atoms with Gasteiger partial charge in [-0.15, -0.1) is 0 Å². The van der Waals surface area contributed by atoms with Gasteiger partial charge in [-0.05, 0) is 44.4 Å². The van der Waals surface area contributed by atoms with Crippen LogP contribution in [0.4, 0.5) is 0 Å². The van der Waals surface area contributed by atoms with E-state index in [0.717, 1.165) is 24.7 Å². The highest BCUT2D eigenvalue weighted by Crippen LogP contribution is 2.19. The molecule has 0 bridgehead atoms. The lowest BCUT2D eigenvalue weighted by atomic mass is 9.94. The Hall–Kier alpha value is -0.540. The fraction of sp³-hybridized carbons (Fsp3) is 0.923. The standard InChI is InChI=1S/C26H52O7/c1-21(2)9-7-11-23(4)13-8-12-22(3)10-5-6-14-31-17-25(29)18-33-20-26(30)19-32-16-24(28)15-27/h10,21,23-30H,5-9,11-20H2,1-4H3. The molecule has 0 aromatic rings. The van der Waals surface area contributed by atoms with Gasteiger partial charge in [0.15, 0.2) is 0 Å². The molecule has 33 heavy (non-hydrogen) atoms. The summed E-state index contributed by atoms with van der Waals surface area (Å²) in [6, 6.07) is 0. The van der Waals surface area contributed by atoms with Crippen molar-refractivity contribution in [1.82, 2.24) is 0 Å². The van der Waals surface area contributed by atoms with E-state index in [4.69, 9.17) is 24.4 Å². The van der Waals surface area contributed by atoms with Gasteiger partial charge in [-0.3, -0.25) is 0 Å². The Morgan fingerprint density at radius 3 is 1.85 bits per heavy atom. The number of unbranched alkanes of at least 4 members (excludes halogenated alkanes) is 1. The number of hydrogen-bond donors (Lipinski definition) is 4. The van der Waals surface area contributed by atoms with Crippen molar-refractivity contribution >= 4 is 0 Å². The monoisotopic (exact) mass is 476 g/mol. The maximum Gasteiger partial charge on any atom is 0.101 e. The first kappa shape index (κ1) is 32.5. The third kappa shape index (κ3) is 23.0. The van der Waals surface area contributed by atoms with Gasteiger partial charge in [0.25, 0.3) is 0 Å². The van der Waals surface area contributed by atoms with Gasteiger partial charge in [-0.2, -0.15) is 0 Å². The van der Waals surface area contributed by atoms with Gasteiger partial charge < -0.3 is 34.6 Å². The van der Waals surface area contributed by atoms with E-state index in [0.29, 0.717) is 6.61 Å². The van der Waals surface area contributed by atoms with E-state index < -0.39 is 18.3 Å². The lowest BCUT2D eigenvalue weighted by Crippen LogP contribution is -2.29. The maximum absolute atomic E-state index is 9.87. The van der Waals surface area contributed by atoms with Gasteiger partial charge in [0.2, 0.25) is 0 Å². The maximum atomic E-state index is 9.87. The number of ether oxygens (including phenoxy) is 3. The summed E-state index contributed by atoms with van der Waals surface area (Å²) in [6.45, 7) is 9.63. The van der Waals surface area contributed by atoms with Crippen molar-refractivity contribution in [3.05, 3.63) is 11.6 Å². The average molecular weight is 477 g/mol. The van der Waals surface area contributed by atoms with Crippen molar-refractivity contribution < 1.29 is 34.6 Å². The van der Waals surface area contributed by atoms with Gasteiger partial charge >= 0.3 is 0 Å². The molecule has 4 N–H and O–H groups in total. The van der Waals surface area contributed by atoms with Crippen LogP contribution in [0.1, 0.15) is 79.1 Å². The van der Waals surface area contributed by atoms with E-state index in [1.54, 1.807) is 0 Å². The van der Waals surface area contributed by atoms with Gasteiger partial charge in [-0.25, -0.2) is 0 Å². The molecule has 0 saturated carbocycles. The summed E-state index contributed by atoms with van der Waals surface area (Å²) in [4.78, 5) is 0. The number of aliphatic hydroxyl groups excluding tert-OH is 4. The molecule has 7 heteroatoms. The smallest absolute Gasteiger partial charge is 0.101 e. The minimum Gasteiger partial charge on any atom is -0.394 e. The fourth-order valence-electron chi connectivity index (χ4n) is 3.43. The summed E-state index contributed by atoms with van der Waals surface area (Å²) >= 11 is 0. The Morgan fingerprint density at radius 1 is 0.727 bits per heavy atom. The van der Waals surface area contributed by atoms with Crippen LogP contribution in [-0.2, 0) is 14.2 Å². The Labute approximate surface area is 202 Å². The van der Waals surface area contributed by atoms with Crippen molar-refractivity contribution in [3.8, 4) is 0 Å². The summed E-state index contributed by atoms with van der Waals surface area (Å²) in [5, 5.41) is 37.4. The van der Waals surface area contributed by atoms with E-state index >= 15 is 0 Å². The molecule has 198 valence electrons. The van der Waals surface area contributed by atoms with Gasteiger partial charge in [-0.1, -0.05) is 58.1 Å². The lowest BCUT2D eigenvalue weighted by Gasteiger charge is -2.15. The first-order valence-electron chi connectivity index (χ1n) is 12.8. The number of rotatable bonds is 23. The molecule has 0 rings (SSSR count). The van der Waals surface area contributed by atoms with Gasteiger partial charge in [0.1, 0.15) is 18.3 Å². The quantitative estimate of drug-likeness (QED) is 0.132. The Kier molecular flexibility index (Phi) is 21.6. The van der Waals surface area contributed by atoms with E-state index in [1.165, 1.54) is 44.1 Å². The fourth-order valence-corrected chi connectivity index (χ4v) is 3.43. The van der Waals surface area contributed by atoms with Crippen LogP contribution in [0.2, 0.25) is 0 Å². The number of hydrogen-bond acceptors (Lipinski definition) is 7. The van der Waals surface area contributed by atoms with Crippen molar-refractivity contribution in [1.29, 1.82) is 0 Å². The molecule has 0 aliphatic carbocycles. The molecule has 0 aliphatic heterocycles. The van der Waals surface area contributed by atoms with Crippen LogP contribution < -0.4 is 0 Å². The van der Waals surface area contributed by atoms with Crippen LogP contribution in [0.15, 0.2) is 11.6 Å². The van der Waals surface area contributed by atoms with Crippen LogP contribution in [0.25, 0.3) is 0 Å². The normalized spacial score (nSPS) is 16.2. The minimum atomic E-state index is -0.949. The average Bonchev–Trinajstić information content (AvgIpc) is 2.75. The second-order valence-corrected chi connectivity index (χ2v) is 9.81. The van der Waals surface area contributed by atoms with E-state index in [1.807, 2.05) is 0 Å². The zero-order valence-corrected chi connectivity index (χ0v) is 21.6. The molecule has 0 aromatic carbocycles. The predicted molar refractivity (Wildman–Crippen MR) is 132 cm³/mol. The highest BCUT2D eigenvalue weighted by Gasteiger charge is 2.10. The van der Waals surface area contributed by atoms with Gasteiger partial charge in [0.05, 0.1) is 39.6 Å². The van der Waals surface area contributed by atoms with Crippen LogP contribution in [-0.4, -0.2) is 85.0 Å². The zero-order valence-electron chi connectivity index (χ0n) is 21.6. The Balaban J connectivity index is 3.60. The zero-order chi connectivity index (χ0) is 24.9.